The first-order valence-electron chi connectivity index (χ1n) is 8.98. The number of rotatable bonds is 5. The Bertz CT molecular complexity index is 1170. The van der Waals surface area contributed by atoms with Crippen LogP contribution in [0.1, 0.15) is 34.0 Å². The van der Waals surface area contributed by atoms with Gasteiger partial charge >= 0.3 is 0 Å². The van der Waals surface area contributed by atoms with Crippen molar-refractivity contribution in [1.82, 2.24) is 14.5 Å². The van der Waals surface area contributed by atoms with Crippen LogP contribution in [-0.4, -0.2) is 14.5 Å². The summed E-state index contributed by atoms with van der Waals surface area (Å²) in [7, 11) is 0. The molecule has 0 fully saturated rings. The van der Waals surface area contributed by atoms with E-state index in [4.69, 9.17) is 5.26 Å². The topological polar surface area (TPSA) is 74.5 Å². The number of H-pyrrole nitrogens is 1. The highest BCUT2D eigenvalue weighted by molar-refractivity contribution is 5.35. The van der Waals surface area contributed by atoms with Gasteiger partial charge in [-0.2, -0.15) is 5.26 Å². The Morgan fingerprint density at radius 3 is 2.54 bits per heavy atom. The third kappa shape index (κ3) is 3.62. The van der Waals surface area contributed by atoms with Crippen molar-refractivity contribution in [2.45, 2.75) is 12.5 Å². The normalized spacial score (nSPS) is 11.7. The molecule has 0 aliphatic carbocycles. The van der Waals surface area contributed by atoms with Crippen LogP contribution in [-0.2, 0) is 6.42 Å². The number of hydrogen-bond acceptors (Lipinski definition) is 3. The number of imidazole rings is 1. The lowest BCUT2D eigenvalue weighted by Crippen LogP contribution is -2.17. The highest BCUT2D eigenvalue weighted by Gasteiger charge is 2.19. The van der Waals surface area contributed by atoms with E-state index in [9.17, 15) is 4.79 Å². The average molecular weight is 366 g/mol. The van der Waals surface area contributed by atoms with Crippen molar-refractivity contribution in [2.24, 2.45) is 0 Å². The van der Waals surface area contributed by atoms with Gasteiger partial charge in [0.1, 0.15) is 0 Å². The van der Waals surface area contributed by atoms with Gasteiger partial charge in [0.15, 0.2) is 0 Å². The van der Waals surface area contributed by atoms with Gasteiger partial charge in [0.2, 0.25) is 5.56 Å². The van der Waals surface area contributed by atoms with E-state index in [0.29, 0.717) is 12.0 Å². The Kier molecular flexibility index (Phi) is 4.85. The molecule has 2 heterocycles. The van der Waals surface area contributed by atoms with Crippen molar-refractivity contribution < 1.29 is 0 Å². The number of pyridine rings is 1. The summed E-state index contributed by atoms with van der Waals surface area (Å²) in [6, 6.07) is 23.2. The summed E-state index contributed by atoms with van der Waals surface area (Å²) in [5.41, 5.74) is 4.61. The molecule has 4 rings (SSSR count). The Balaban J connectivity index is 1.77. The Morgan fingerprint density at radius 2 is 1.82 bits per heavy atom. The quantitative estimate of drug-likeness (QED) is 0.586. The van der Waals surface area contributed by atoms with Crippen LogP contribution in [0.4, 0.5) is 0 Å². The molecular weight excluding hydrogens is 348 g/mol. The molecule has 1 N–H and O–H groups in total. The second-order valence-corrected chi connectivity index (χ2v) is 6.58. The van der Waals surface area contributed by atoms with Gasteiger partial charge in [-0.25, -0.2) is 4.98 Å². The number of aromatic amines is 1. The molecule has 2 aromatic carbocycles. The minimum atomic E-state index is -0.153. The molecule has 0 radical (unpaired) electrons. The molecule has 0 saturated carbocycles. The maximum absolute atomic E-state index is 11.9. The van der Waals surface area contributed by atoms with Crippen molar-refractivity contribution in [2.75, 3.05) is 0 Å². The third-order valence-corrected chi connectivity index (χ3v) is 4.72. The van der Waals surface area contributed by atoms with Gasteiger partial charge in [-0.3, -0.25) is 4.79 Å². The average Bonchev–Trinajstić information content (AvgIpc) is 3.17. The second-order valence-electron chi connectivity index (χ2n) is 6.58. The molecule has 2 aromatic heterocycles. The molecule has 5 heteroatoms. The predicted octanol–water partition coefficient (Wildman–Crippen LogP) is 3.67. The van der Waals surface area contributed by atoms with Crippen LogP contribution in [0.15, 0.2) is 90.2 Å². The lowest BCUT2D eigenvalue weighted by atomic mass is 9.98. The van der Waals surface area contributed by atoms with E-state index >= 15 is 0 Å². The minimum Gasteiger partial charge on any atom is -0.329 e. The molecule has 1 atom stereocenters. The minimum absolute atomic E-state index is 0.132. The van der Waals surface area contributed by atoms with E-state index in [1.54, 1.807) is 18.6 Å². The Labute approximate surface area is 162 Å². The SMILES string of the molecule is N#Cc1ccc(Cc2cncn2C(c2ccccc2)c2cc[nH]c(=O)c2)cc1. The number of aromatic nitrogens is 3. The van der Waals surface area contributed by atoms with Gasteiger partial charge < -0.3 is 9.55 Å². The van der Waals surface area contributed by atoms with Crippen molar-refractivity contribution in [3.8, 4) is 6.07 Å². The highest BCUT2D eigenvalue weighted by atomic mass is 16.1. The van der Waals surface area contributed by atoms with Crippen LogP contribution in [0.25, 0.3) is 0 Å². The molecule has 28 heavy (non-hydrogen) atoms. The second kappa shape index (κ2) is 7.77. The lowest BCUT2D eigenvalue weighted by Gasteiger charge is -2.22. The fourth-order valence-corrected chi connectivity index (χ4v) is 3.39. The summed E-state index contributed by atoms with van der Waals surface area (Å²) in [5, 5.41) is 8.98. The van der Waals surface area contributed by atoms with Gasteiger partial charge in [0, 0.05) is 30.6 Å². The number of nitrogens with zero attached hydrogens (tertiary/aromatic N) is 3. The predicted molar refractivity (Wildman–Crippen MR) is 107 cm³/mol. The molecule has 0 aliphatic heterocycles. The van der Waals surface area contributed by atoms with E-state index < -0.39 is 0 Å². The van der Waals surface area contributed by atoms with E-state index in [0.717, 1.165) is 22.4 Å². The highest BCUT2D eigenvalue weighted by Crippen LogP contribution is 2.28. The zero-order valence-corrected chi connectivity index (χ0v) is 15.1. The molecular formula is C23H18N4O. The van der Waals surface area contributed by atoms with Gasteiger partial charge in [-0.15, -0.1) is 0 Å². The van der Waals surface area contributed by atoms with E-state index in [1.807, 2.05) is 54.7 Å². The standard InChI is InChI=1S/C23H18N4O/c24-14-18-8-6-17(7-9-18)12-21-15-25-16-27(21)23(19-4-2-1-3-5-19)20-10-11-26-22(28)13-20/h1-11,13,15-16,23H,12H2,(H,26,28). The summed E-state index contributed by atoms with van der Waals surface area (Å²) in [6.07, 6.45) is 6.00. The molecule has 0 saturated heterocycles. The van der Waals surface area contributed by atoms with Crippen LogP contribution in [0, 0.1) is 11.3 Å². The van der Waals surface area contributed by atoms with Gasteiger partial charge in [0.25, 0.3) is 0 Å². The first-order chi connectivity index (χ1) is 13.7. The van der Waals surface area contributed by atoms with Gasteiger partial charge in [0.05, 0.1) is 24.0 Å². The van der Waals surface area contributed by atoms with Crippen molar-refractivity contribution in [3.05, 3.63) is 124 Å². The summed E-state index contributed by atoms with van der Waals surface area (Å²) in [6.45, 7) is 0. The summed E-state index contributed by atoms with van der Waals surface area (Å²) in [4.78, 5) is 19.0. The molecule has 1 unspecified atom stereocenters. The number of hydrogen-bond donors (Lipinski definition) is 1. The van der Waals surface area contributed by atoms with Crippen molar-refractivity contribution >= 4 is 0 Å². The first kappa shape index (κ1) is 17.5. The van der Waals surface area contributed by atoms with Crippen LogP contribution < -0.4 is 5.56 Å². The number of nitriles is 1. The summed E-state index contributed by atoms with van der Waals surface area (Å²) in [5.74, 6) is 0. The summed E-state index contributed by atoms with van der Waals surface area (Å²) < 4.78 is 2.10. The molecule has 0 aliphatic rings. The molecule has 4 aromatic rings. The first-order valence-corrected chi connectivity index (χ1v) is 8.98. The largest absolute Gasteiger partial charge is 0.329 e. The van der Waals surface area contributed by atoms with Crippen LogP contribution in [0.2, 0.25) is 0 Å². The third-order valence-electron chi connectivity index (χ3n) is 4.72. The van der Waals surface area contributed by atoms with Crippen LogP contribution in [0.3, 0.4) is 0 Å². The zero-order valence-electron chi connectivity index (χ0n) is 15.1. The van der Waals surface area contributed by atoms with E-state index in [-0.39, 0.29) is 11.6 Å². The molecule has 5 nitrogen and oxygen atoms in total. The molecule has 0 bridgehead atoms. The fourth-order valence-electron chi connectivity index (χ4n) is 3.39. The smallest absolute Gasteiger partial charge is 0.248 e. The summed E-state index contributed by atoms with van der Waals surface area (Å²) >= 11 is 0. The maximum atomic E-state index is 11.9. The number of benzene rings is 2. The van der Waals surface area contributed by atoms with Crippen LogP contribution >= 0.6 is 0 Å². The van der Waals surface area contributed by atoms with Gasteiger partial charge in [-0.05, 0) is 34.9 Å². The zero-order chi connectivity index (χ0) is 19.3. The van der Waals surface area contributed by atoms with Crippen molar-refractivity contribution in [3.63, 3.8) is 0 Å². The Hall–Kier alpha value is -3.91. The van der Waals surface area contributed by atoms with E-state index in [1.165, 1.54) is 0 Å². The maximum Gasteiger partial charge on any atom is 0.248 e. The molecule has 0 amide bonds. The van der Waals surface area contributed by atoms with Crippen LogP contribution in [0.5, 0.6) is 0 Å². The molecule has 0 spiro atoms. The van der Waals surface area contributed by atoms with Gasteiger partial charge in [-0.1, -0.05) is 42.5 Å². The monoisotopic (exact) mass is 366 g/mol. The lowest BCUT2D eigenvalue weighted by molar-refractivity contribution is 0.648. The molecule has 136 valence electrons. The number of nitrogens with one attached hydrogen (secondary N) is 1. The Morgan fingerprint density at radius 1 is 1.04 bits per heavy atom. The fraction of sp³-hybridized carbons (Fsp3) is 0.0870. The van der Waals surface area contributed by atoms with E-state index in [2.05, 4.69) is 32.7 Å². The van der Waals surface area contributed by atoms with Crippen molar-refractivity contribution in [1.29, 1.82) is 5.26 Å².